The maximum atomic E-state index is 12.9. The van der Waals surface area contributed by atoms with Crippen LogP contribution in [0.25, 0.3) is 6.08 Å². The molecule has 0 aliphatic carbocycles. The zero-order chi connectivity index (χ0) is 26.1. The lowest BCUT2D eigenvalue weighted by Gasteiger charge is -2.12. The molecule has 0 aromatic heterocycles. The largest absolute Gasteiger partial charge is 0.479 e. The Balaban J connectivity index is 1.63. The van der Waals surface area contributed by atoms with Crippen molar-refractivity contribution in [3.8, 4) is 5.75 Å². The fourth-order valence-corrected chi connectivity index (χ4v) is 3.92. The van der Waals surface area contributed by atoms with Gasteiger partial charge in [-0.2, -0.15) is 8.42 Å². The van der Waals surface area contributed by atoms with Crippen molar-refractivity contribution in [3.05, 3.63) is 101 Å². The number of ether oxygens (including phenoxy) is 1. The number of carboxylic acid groups (broad SMARTS) is 1. The Kier molecular flexibility index (Phi) is 8.99. The highest BCUT2D eigenvalue weighted by Crippen LogP contribution is 2.18. The van der Waals surface area contributed by atoms with E-state index in [1.807, 2.05) is 24.3 Å². The van der Waals surface area contributed by atoms with E-state index >= 15 is 0 Å². The molecule has 0 radical (unpaired) electrons. The van der Waals surface area contributed by atoms with E-state index in [0.717, 1.165) is 22.9 Å². The smallest absolute Gasteiger partial charge is 0.333 e. The van der Waals surface area contributed by atoms with Crippen LogP contribution in [0.4, 0.5) is 5.69 Å². The SMILES string of the molecule is CO[C@@H](Cc1ccc(NC(=O)c2ccccc2C/C=C/c2ccc(OS(C)(=O)=O)cc2)cc1)C(=O)O. The molecule has 0 fully saturated rings. The Morgan fingerprint density at radius 3 is 2.28 bits per heavy atom. The number of anilines is 1. The van der Waals surface area contributed by atoms with E-state index in [4.69, 9.17) is 14.0 Å². The third-order valence-electron chi connectivity index (χ3n) is 5.23. The summed E-state index contributed by atoms with van der Waals surface area (Å²) >= 11 is 0. The van der Waals surface area contributed by atoms with Crippen molar-refractivity contribution in [3.63, 3.8) is 0 Å². The lowest BCUT2D eigenvalue weighted by atomic mass is 10.0. The number of hydrogen-bond donors (Lipinski definition) is 2. The second-order valence-electron chi connectivity index (χ2n) is 8.04. The Hall–Kier alpha value is -3.95. The van der Waals surface area contributed by atoms with Gasteiger partial charge in [-0.3, -0.25) is 4.79 Å². The Labute approximate surface area is 210 Å². The van der Waals surface area contributed by atoms with Gasteiger partial charge in [-0.05, 0) is 53.4 Å². The summed E-state index contributed by atoms with van der Waals surface area (Å²) < 4.78 is 32.2. The molecule has 2 N–H and O–H groups in total. The molecule has 0 aliphatic heterocycles. The van der Waals surface area contributed by atoms with Crippen LogP contribution >= 0.6 is 0 Å². The molecule has 9 heteroatoms. The second kappa shape index (κ2) is 12.1. The van der Waals surface area contributed by atoms with Crippen LogP contribution in [0.2, 0.25) is 0 Å². The summed E-state index contributed by atoms with van der Waals surface area (Å²) in [4.78, 5) is 24.1. The van der Waals surface area contributed by atoms with E-state index in [2.05, 4.69) is 5.32 Å². The van der Waals surface area contributed by atoms with Gasteiger partial charge >= 0.3 is 16.1 Å². The van der Waals surface area contributed by atoms with Crippen molar-refractivity contribution in [1.82, 2.24) is 0 Å². The van der Waals surface area contributed by atoms with E-state index < -0.39 is 22.2 Å². The third kappa shape index (κ3) is 8.07. The molecule has 188 valence electrons. The van der Waals surface area contributed by atoms with Crippen LogP contribution in [0, 0.1) is 0 Å². The normalized spacial score (nSPS) is 12.3. The Morgan fingerprint density at radius 1 is 1.00 bits per heavy atom. The topological polar surface area (TPSA) is 119 Å². The molecule has 1 amide bonds. The molecule has 0 aliphatic rings. The summed E-state index contributed by atoms with van der Waals surface area (Å²) in [6, 6.07) is 20.9. The third-order valence-corrected chi connectivity index (χ3v) is 5.73. The lowest BCUT2D eigenvalue weighted by Crippen LogP contribution is -2.24. The van der Waals surface area contributed by atoms with E-state index in [-0.39, 0.29) is 18.1 Å². The number of amides is 1. The fraction of sp³-hybridized carbons (Fsp3) is 0.185. The van der Waals surface area contributed by atoms with Crippen molar-refractivity contribution in [2.24, 2.45) is 0 Å². The summed E-state index contributed by atoms with van der Waals surface area (Å²) in [5.74, 6) is -1.04. The monoisotopic (exact) mass is 509 g/mol. The molecule has 0 unspecified atom stereocenters. The minimum atomic E-state index is -3.57. The Bertz CT molecular complexity index is 1330. The fourth-order valence-electron chi connectivity index (χ4n) is 3.46. The van der Waals surface area contributed by atoms with Crippen LogP contribution in [0.1, 0.15) is 27.0 Å². The quantitative estimate of drug-likeness (QED) is 0.372. The van der Waals surface area contributed by atoms with Crippen molar-refractivity contribution in [1.29, 1.82) is 0 Å². The number of rotatable bonds is 11. The van der Waals surface area contributed by atoms with Gasteiger partial charge in [0.1, 0.15) is 5.75 Å². The van der Waals surface area contributed by atoms with Gasteiger partial charge in [0.05, 0.1) is 6.26 Å². The van der Waals surface area contributed by atoms with Gasteiger partial charge in [-0.25, -0.2) is 4.79 Å². The standard InChI is InChI=1S/C27H27NO7S/c1-34-25(27(30)31)18-20-10-14-22(15-11-20)28-26(29)24-9-4-3-7-21(24)8-5-6-19-12-16-23(17-13-19)35-36(2,32)33/h3-7,9-17,25H,8,18H2,1-2H3,(H,28,29)(H,30,31)/b6-5+/t25-/m0/s1. The number of aliphatic carboxylic acids is 1. The summed E-state index contributed by atoms with van der Waals surface area (Å²) in [6.45, 7) is 0. The second-order valence-corrected chi connectivity index (χ2v) is 9.61. The molecule has 0 saturated carbocycles. The first kappa shape index (κ1) is 26.7. The minimum absolute atomic E-state index is 0.225. The van der Waals surface area contributed by atoms with Gasteiger partial charge in [-0.15, -0.1) is 0 Å². The number of carbonyl (C=O) groups excluding carboxylic acids is 1. The number of hydrogen-bond acceptors (Lipinski definition) is 6. The maximum absolute atomic E-state index is 12.9. The molecule has 36 heavy (non-hydrogen) atoms. The van der Waals surface area contributed by atoms with E-state index in [0.29, 0.717) is 17.7 Å². The van der Waals surface area contributed by atoms with E-state index in [1.165, 1.54) is 7.11 Å². The van der Waals surface area contributed by atoms with Crippen LogP contribution in [0.3, 0.4) is 0 Å². The number of nitrogens with one attached hydrogen (secondary N) is 1. The molecule has 3 aromatic rings. The highest BCUT2D eigenvalue weighted by Gasteiger charge is 2.17. The molecule has 0 bridgehead atoms. The molecule has 8 nitrogen and oxygen atoms in total. The molecule has 0 saturated heterocycles. The van der Waals surface area contributed by atoms with Crippen LogP contribution in [-0.4, -0.2) is 44.9 Å². The summed E-state index contributed by atoms with van der Waals surface area (Å²) in [5, 5.41) is 12.0. The van der Waals surface area contributed by atoms with E-state index in [9.17, 15) is 18.0 Å². The first-order valence-electron chi connectivity index (χ1n) is 11.0. The highest BCUT2D eigenvalue weighted by atomic mass is 32.2. The molecule has 1 atom stereocenters. The van der Waals surface area contributed by atoms with Gasteiger partial charge < -0.3 is 19.3 Å². The molecule has 0 spiro atoms. The number of carbonyl (C=O) groups is 2. The number of allylic oxidation sites excluding steroid dienone is 1. The van der Waals surface area contributed by atoms with Crippen molar-refractivity contribution >= 4 is 33.8 Å². The van der Waals surface area contributed by atoms with Crippen molar-refractivity contribution in [2.75, 3.05) is 18.7 Å². The molecular formula is C27H27NO7S. The van der Waals surface area contributed by atoms with Gasteiger partial charge in [-0.1, -0.05) is 54.6 Å². The van der Waals surface area contributed by atoms with Crippen LogP contribution in [0.5, 0.6) is 5.75 Å². The minimum Gasteiger partial charge on any atom is -0.479 e. The predicted molar refractivity (Wildman–Crippen MR) is 138 cm³/mol. The van der Waals surface area contributed by atoms with E-state index in [1.54, 1.807) is 60.7 Å². The highest BCUT2D eigenvalue weighted by molar-refractivity contribution is 7.86. The average molecular weight is 510 g/mol. The molecule has 3 aromatic carbocycles. The summed E-state index contributed by atoms with van der Waals surface area (Å²) in [5.41, 5.74) is 3.60. The zero-order valence-corrected chi connectivity index (χ0v) is 20.7. The summed E-state index contributed by atoms with van der Waals surface area (Å²) in [7, 11) is -2.22. The molecule has 0 heterocycles. The number of carboxylic acids is 1. The lowest BCUT2D eigenvalue weighted by molar-refractivity contribution is -0.148. The number of methoxy groups -OCH3 is 1. The van der Waals surface area contributed by atoms with Crippen LogP contribution in [-0.2, 0) is 32.5 Å². The average Bonchev–Trinajstić information content (AvgIpc) is 2.84. The van der Waals surface area contributed by atoms with Crippen molar-refractivity contribution < 1.29 is 32.0 Å². The Morgan fingerprint density at radius 2 is 1.67 bits per heavy atom. The number of benzene rings is 3. The maximum Gasteiger partial charge on any atom is 0.333 e. The zero-order valence-electron chi connectivity index (χ0n) is 19.9. The molecule has 3 rings (SSSR count). The first-order valence-corrected chi connectivity index (χ1v) is 12.9. The van der Waals surface area contributed by atoms with Crippen LogP contribution < -0.4 is 9.50 Å². The van der Waals surface area contributed by atoms with Crippen molar-refractivity contribution in [2.45, 2.75) is 18.9 Å². The van der Waals surface area contributed by atoms with Gasteiger partial charge in [0.25, 0.3) is 5.91 Å². The van der Waals surface area contributed by atoms with Crippen LogP contribution in [0.15, 0.2) is 78.9 Å². The first-order chi connectivity index (χ1) is 17.1. The van der Waals surface area contributed by atoms with Gasteiger partial charge in [0.15, 0.2) is 6.10 Å². The van der Waals surface area contributed by atoms with Gasteiger partial charge in [0, 0.05) is 24.8 Å². The molecular weight excluding hydrogens is 482 g/mol. The van der Waals surface area contributed by atoms with Gasteiger partial charge in [0.2, 0.25) is 0 Å². The summed E-state index contributed by atoms with van der Waals surface area (Å²) in [6.07, 6.45) is 4.59. The predicted octanol–water partition coefficient (Wildman–Crippen LogP) is 4.18.